The van der Waals surface area contributed by atoms with Crippen LogP contribution in [0.4, 0.5) is 4.79 Å². The van der Waals surface area contributed by atoms with Crippen LogP contribution < -0.4 is 5.32 Å². The molecule has 0 unspecified atom stereocenters. The Morgan fingerprint density at radius 3 is 2.74 bits per heavy atom. The number of nitrogens with zero attached hydrogens (tertiary/aromatic N) is 4. The minimum atomic E-state index is 0.00350. The highest BCUT2D eigenvalue weighted by molar-refractivity contribution is 5.74. The molecule has 144 valence electrons. The van der Waals surface area contributed by atoms with Crippen LogP contribution in [0.25, 0.3) is 5.69 Å². The van der Waals surface area contributed by atoms with Crippen molar-refractivity contribution in [2.45, 2.75) is 44.8 Å². The molecule has 1 aromatic carbocycles. The van der Waals surface area contributed by atoms with Crippen LogP contribution in [0.2, 0.25) is 0 Å². The summed E-state index contributed by atoms with van der Waals surface area (Å²) >= 11 is 0. The van der Waals surface area contributed by atoms with E-state index >= 15 is 0 Å². The van der Waals surface area contributed by atoms with E-state index < -0.39 is 0 Å². The maximum Gasteiger partial charge on any atom is 0.317 e. The van der Waals surface area contributed by atoms with Gasteiger partial charge in [-0.25, -0.2) is 9.48 Å². The molecule has 4 rings (SSSR count). The average molecular weight is 369 g/mol. The van der Waals surface area contributed by atoms with Crippen molar-refractivity contribution in [2.75, 3.05) is 20.2 Å². The van der Waals surface area contributed by atoms with Crippen LogP contribution in [0, 0.1) is 5.92 Å². The van der Waals surface area contributed by atoms with Crippen molar-refractivity contribution in [3.8, 4) is 5.69 Å². The molecule has 1 fully saturated rings. The number of carbonyl (C=O) groups is 1. The van der Waals surface area contributed by atoms with Crippen LogP contribution in [0.1, 0.15) is 37.1 Å². The fourth-order valence-corrected chi connectivity index (χ4v) is 4.07. The lowest BCUT2D eigenvalue weighted by Crippen LogP contribution is -2.44. The number of hydrogen-bond acceptors (Lipinski definition) is 4. The molecule has 2 aliphatic rings. The van der Waals surface area contributed by atoms with Crippen LogP contribution in [-0.4, -0.2) is 52.2 Å². The second-order valence-electron chi connectivity index (χ2n) is 7.47. The molecule has 2 aromatic rings. The number of para-hydroxylation sites is 1. The van der Waals surface area contributed by atoms with Crippen molar-refractivity contribution in [3.05, 3.63) is 41.7 Å². The maximum atomic E-state index is 12.6. The highest BCUT2D eigenvalue weighted by atomic mass is 16.5. The zero-order valence-corrected chi connectivity index (χ0v) is 15.8. The summed E-state index contributed by atoms with van der Waals surface area (Å²) in [4.78, 5) is 14.4. The molecule has 0 radical (unpaired) electrons. The van der Waals surface area contributed by atoms with Crippen molar-refractivity contribution in [2.24, 2.45) is 5.92 Å². The highest BCUT2D eigenvalue weighted by Crippen LogP contribution is 2.25. The molecule has 0 atom stereocenters. The fourth-order valence-electron chi connectivity index (χ4n) is 4.07. The van der Waals surface area contributed by atoms with Gasteiger partial charge in [0, 0.05) is 26.6 Å². The molecule has 1 aliphatic carbocycles. The average Bonchev–Trinajstić information content (AvgIpc) is 3.16. The van der Waals surface area contributed by atoms with E-state index in [0.29, 0.717) is 25.1 Å². The van der Waals surface area contributed by atoms with Crippen LogP contribution in [0.15, 0.2) is 30.3 Å². The van der Waals surface area contributed by atoms with Crippen LogP contribution in [0.5, 0.6) is 0 Å². The summed E-state index contributed by atoms with van der Waals surface area (Å²) in [6.45, 7) is 1.95. The summed E-state index contributed by atoms with van der Waals surface area (Å²) in [5.41, 5.74) is 3.00. The Morgan fingerprint density at radius 2 is 2.00 bits per heavy atom. The lowest BCUT2D eigenvalue weighted by molar-refractivity contribution is 0.0569. The molecule has 1 aliphatic heterocycles. The summed E-state index contributed by atoms with van der Waals surface area (Å²) in [7, 11) is 1.78. The molecule has 2 heterocycles. The molecule has 1 saturated carbocycles. The largest absolute Gasteiger partial charge is 0.381 e. The van der Waals surface area contributed by atoms with Crippen LogP contribution >= 0.6 is 0 Å². The number of amides is 2. The van der Waals surface area contributed by atoms with E-state index in [9.17, 15) is 4.79 Å². The number of nitrogens with one attached hydrogen (secondary N) is 1. The third-order valence-electron chi connectivity index (χ3n) is 5.76. The lowest BCUT2D eigenvalue weighted by atomic mass is 9.87. The first-order valence-electron chi connectivity index (χ1n) is 9.79. The zero-order valence-electron chi connectivity index (χ0n) is 15.8. The lowest BCUT2D eigenvalue weighted by Gasteiger charge is -2.30. The predicted octanol–water partition coefficient (Wildman–Crippen LogP) is 2.54. The Labute approximate surface area is 159 Å². The van der Waals surface area contributed by atoms with Crippen molar-refractivity contribution < 1.29 is 9.53 Å². The summed E-state index contributed by atoms with van der Waals surface area (Å²) in [6, 6.07) is 10.0. The second-order valence-corrected chi connectivity index (χ2v) is 7.47. The van der Waals surface area contributed by atoms with Crippen LogP contribution in [0.3, 0.4) is 0 Å². The third-order valence-corrected chi connectivity index (χ3v) is 5.76. The molecule has 0 spiro atoms. The third kappa shape index (κ3) is 3.98. The first-order chi connectivity index (χ1) is 13.2. The van der Waals surface area contributed by atoms with Gasteiger partial charge >= 0.3 is 6.03 Å². The number of urea groups is 1. The normalized spacial score (nSPS) is 22.3. The second kappa shape index (κ2) is 8.08. The molecular formula is C20H27N5O2. The molecule has 7 heteroatoms. The molecule has 0 bridgehead atoms. The number of methoxy groups -OCH3 is 1. The summed E-state index contributed by atoms with van der Waals surface area (Å²) in [5.74, 6) is 0.555. The Balaban J connectivity index is 1.32. The van der Waals surface area contributed by atoms with Gasteiger partial charge in [-0.2, -0.15) is 0 Å². The SMILES string of the molecule is COC1CCC(CNC(=O)N2CCc3c(nnn3-c3ccccc3)C2)CC1. The smallest absolute Gasteiger partial charge is 0.317 e. The fraction of sp³-hybridized carbons (Fsp3) is 0.550. The number of carbonyl (C=O) groups excluding carboxylic acids is 1. The van der Waals surface area contributed by atoms with Crippen molar-refractivity contribution in [1.82, 2.24) is 25.2 Å². The first-order valence-corrected chi connectivity index (χ1v) is 9.79. The van der Waals surface area contributed by atoms with E-state index in [1.807, 2.05) is 39.9 Å². The molecular weight excluding hydrogens is 342 g/mol. The molecule has 27 heavy (non-hydrogen) atoms. The molecule has 7 nitrogen and oxygen atoms in total. The Kier molecular flexibility index (Phi) is 5.38. The summed E-state index contributed by atoms with van der Waals surface area (Å²) < 4.78 is 7.30. The van der Waals surface area contributed by atoms with Crippen molar-refractivity contribution in [3.63, 3.8) is 0 Å². The quantitative estimate of drug-likeness (QED) is 0.899. The molecule has 2 amide bonds. The molecule has 1 N–H and O–H groups in total. The monoisotopic (exact) mass is 369 g/mol. The number of aromatic nitrogens is 3. The molecule has 0 saturated heterocycles. The zero-order chi connectivity index (χ0) is 18.6. The van der Waals surface area contributed by atoms with Gasteiger partial charge in [0.1, 0.15) is 5.69 Å². The van der Waals surface area contributed by atoms with E-state index in [4.69, 9.17) is 4.74 Å². The van der Waals surface area contributed by atoms with Gasteiger partial charge in [0.15, 0.2) is 0 Å². The summed E-state index contributed by atoms with van der Waals surface area (Å²) in [6.07, 6.45) is 5.58. The van der Waals surface area contributed by atoms with Crippen LogP contribution in [-0.2, 0) is 17.7 Å². The van der Waals surface area contributed by atoms with E-state index in [1.165, 1.54) is 0 Å². The predicted molar refractivity (Wildman–Crippen MR) is 102 cm³/mol. The highest BCUT2D eigenvalue weighted by Gasteiger charge is 2.27. The number of hydrogen-bond donors (Lipinski definition) is 1. The maximum absolute atomic E-state index is 12.6. The van der Waals surface area contributed by atoms with Crippen molar-refractivity contribution >= 4 is 6.03 Å². The van der Waals surface area contributed by atoms with E-state index in [-0.39, 0.29) is 6.03 Å². The first kappa shape index (κ1) is 18.0. The Bertz CT molecular complexity index is 768. The summed E-state index contributed by atoms with van der Waals surface area (Å²) in [5, 5.41) is 11.7. The van der Waals surface area contributed by atoms with Gasteiger partial charge in [0.25, 0.3) is 0 Å². The van der Waals surface area contributed by atoms with Gasteiger partial charge in [0.2, 0.25) is 0 Å². The molecule has 1 aromatic heterocycles. The number of ether oxygens (including phenoxy) is 1. The number of rotatable bonds is 4. The van der Waals surface area contributed by atoms with E-state index in [0.717, 1.165) is 55.7 Å². The van der Waals surface area contributed by atoms with E-state index in [2.05, 4.69) is 15.6 Å². The Hall–Kier alpha value is -2.41. The number of benzene rings is 1. The minimum Gasteiger partial charge on any atom is -0.381 e. The van der Waals surface area contributed by atoms with Gasteiger partial charge < -0.3 is 15.0 Å². The van der Waals surface area contributed by atoms with Gasteiger partial charge in [-0.15, -0.1) is 5.10 Å². The Morgan fingerprint density at radius 1 is 1.22 bits per heavy atom. The van der Waals surface area contributed by atoms with Gasteiger partial charge in [-0.1, -0.05) is 23.4 Å². The van der Waals surface area contributed by atoms with E-state index in [1.54, 1.807) is 7.11 Å². The number of fused-ring (bicyclic) bond motifs is 1. The van der Waals surface area contributed by atoms with Gasteiger partial charge in [0.05, 0.1) is 24.0 Å². The minimum absolute atomic E-state index is 0.00350. The topological polar surface area (TPSA) is 72.3 Å². The van der Waals surface area contributed by atoms with Gasteiger partial charge in [-0.3, -0.25) is 0 Å². The standard InChI is InChI=1S/C20H27N5O2/c1-27-17-9-7-15(8-10-17)13-21-20(26)24-12-11-19-18(14-24)22-23-25(19)16-5-3-2-4-6-16/h2-6,15,17H,7-14H2,1H3,(H,21,26). The van der Waals surface area contributed by atoms with Gasteiger partial charge in [-0.05, 0) is 43.7 Å². The van der Waals surface area contributed by atoms with Crippen molar-refractivity contribution in [1.29, 1.82) is 0 Å².